The molecule has 4 atom stereocenters. The summed E-state index contributed by atoms with van der Waals surface area (Å²) >= 11 is 0. The third-order valence-electron chi connectivity index (χ3n) is 5.25. The molecule has 10 heteroatoms. The SMILES string of the molecule is CC(C)(C)[Si](C)(C)OCc1cn([C@@H]2O[C@H](CO)[C@H](O)C2O)c(=O)nc1N. The number of aliphatic hydroxyl groups is 3. The maximum atomic E-state index is 12.2. The topological polar surface area (TPSA) is 140 Å². The first-order valence-electron chi connectivity index (χ1n) is 8.53. The largest absolute Gasteiger partial charge is 0.412 e. The molecule has 1 saturated heterocycles. The molecule has 0 aliphatic carbocycles. The van der Waals surface area contributed by atoms with Gasteiger partial charge in [0.25, 0.3) is 0 Å². The predicted molar refractivity (Wildman–Crippen MR) is 97.9 cm³/mol. The molecule has 1 aromatic rings. The molecule has 1 fully saturated rings. The number of rotatable bonds is 5. The van der Waals surface area contributed by atoms with Crippen LogP contribution in [0, 0.1) is 0 Å². The lowest BCUT2D eigenvalue weighted by atomic mass is 10.1. The molecule has 0 spiro atoms. The number of ether oxygens (including phenoxy) is 1. The molecule has 1 unspecified atom stereocenters. The van der Waals surface area contributed by atoms with Crippen LogP contribution in [-0.4, -0.2) is 58.1 Å². The summed E-state index contributed by atoms with van der Waals surface area (Å²) in [6.45, 7) is 10.2. The van der Waals surface area contributed by atoms with Crippen LogP contribution in [-0.2, 0) is 15.8 Å². The Hall–Kier alpha value is -1.30. The summed E-state index contributed by atoms with van der Waals surface area (Å²) in [5.41, 5.74) is 5.64. The van der Waals surface area contributed by atoms with E-state index in [1.165, 1.54) is 6.20 Å². The first-order chi connectivity index (χ1) is 11.9. The van der Waals surface area contributed by atoms with Gasteiger partial charge in [0.05, 0.1) is 13.2 Å². The van der Waals surface area contributed by atoms with Crippen LogP contribution in [0.1, 0.15) is 32.6 Å². The van der Waals surface area contributed by atoms with Crippen LogP contribution < -0.4 is 11.4 Å². The Labute approximate surface area is 153 Å². The summed E-state index contributed by atoms with van der Waals surface area (Å²) < 4.78 is 12.6. The zero-order valence-electron chi connectivity index (χ0n) is 15.8. The van der Waals surface area contributed by atoms with Gasteiger partial charge in [0.15, 0.2) is 14.5 Å². The average molecular weight is 388 g/mol. The summed E-state index contributed by atoms with van der Waals surface area (Å²) in [7, 11) is -2.04. The zero-order chi connectivity index (χ0) is 19.9. The van der Waals surface area contributed by atoms with Crippen LogP contribution in [0.2, 0.25) is 18.1 Å². The second-order valence-electron chi connectivity index (χ2n) is 8.12. The number of nitrogens with two attached hydrogens (primary N) is 1. The fraction of sp³-hybridized carbons (Fsp3) is 0.750. The smallest absolute Gasteiger partial charge is 0.351 e. The Morgan fingerprint density at radius 1 is 1.35 bits per heavy atom. The number of hydrogen-bond donors (Lipinski definition) is 4. The number of aromatic nitrogens is 2. The van der Waals surface area contributed by atoms with Gasteiger partial charge in [-0.15, -0.1) is 0 Å². The highest BCUT2D eigenvalue weighted by atomic mass is 28.4. The Kier molecular flexibility index (Phi) is 5.95. The molecule has 0 aromatic carbocycles. The predicted octanol–water partition coefficient (Wildman–Crippen LogP) is -0.0412. The molecule has 26 heavy (non-hydrogen) atoms. The van der Waals surface area contributed by atoms with Crippen molar-refractivity contribution in [1.82, 2.24) is 9.55 Å². The van der Waals surface area contributed by atoms with Gasteiger partial charge in [-0.05, 0) is 18.1 Å². The van der Waals surface area contributed by atoms with Gasteiger partial charge >= 0.3 is 5.69 Å². The van der Waals surface area contributed by atoms with Crippen molar-refractivity contribution in [2.24, 2.45) is 0 Å². The maximum absolute atomic E-state index is 12.2. The highest BCUT2D eigenvalue weighted by Gasteiger charge is 2.44. The highest BCUT2D eigenvalue weighted by molar-refractivity contribution is 6.74. The fourth-order valence-corrected chi connectivity index (χ4v) is 3.35. The van der Waals surface area contributed by atoms with E-state index in [4.69, 9.17) is 14.9 Å². The second-order valence-corrected chi connectivity index (χ2v) is 12.9. The van der Waals surface area contributed by atoms with E-state index < -0.39 is 45.2 Å². The standard InChI is InChI=1S/C16H29N3O6Si/c1-16(2,3)26(4,5)24-8-9-6-19(15(23)18-13(9)17)14-12(22)11(21)10(7-20)25-14/h6,10-12,14,20-22H,7-8H2,1-5H3,(H2,17,18,23)/t10-,11+,12?,14-/m1/s1. The molecule has 5 N–H and O–H groups in total. The first-order valence-corrected chi connectivity index (χ1v) is 11.4. The van der Waals surface area contributed by atoms with E-state index in [0.29, 0.717) is 5.56 Å². The molecular formula is C16H29N3O6Si. The molecule has 0 bridgehead atoms. The van der Waals surface area contributed by atoms with Crippen molar-refractivity contribution in [2.45, 2.75) is 70.1 Å². The third kappa shape index (κ3) is 4.00. The average Bonchev–Trinajstić information content (AvgIpc) is 2.81. The summed E-state index contributed by atoms with van der Waals surface area (Å²) in [5.74, 6) is 0.0525. The number of nitrogens with zero attached hydrogens (tertiary/aromatic N) is 2. The number of hydrogen-bond acceptors (Lipinski definition) is 8. The Morgan fingerprint density at radius 2 is 1.96 bits per heavy atom. The second kappa shape index (κ2) is 7.37. The van der Waals surface area contributed by atoms with E-state index in [1.54, 1.807) is 0 Å². The van der Waals surface area contributed by atoms with Crippen LogP contribution in [0.5, 0.6) is 0 Å². The Morgan fingerprint density at radius 3 is 2.46 bits per heavy atom. The molecule has 1 aromatic heterocycles. The van der Waals surface area contributed by atoms with Gasteiger partial charge in [-0.2, -0.15) is 4.98 Å². The van der Waals surface area contributed by atoms with Crippen molar-refractivity contribution >= 4 is 14.1 Å². The summed E-state index contributed by atoms with van der Waals surface area (Å²) in [6, 6.07) is 0. The molecule has 2 rings (SSSR count). The van der Waals surface area contributed by atoms with Gasteiger partial charge < -0.3 is 30.2 Å². The van der Waals surface area contributed by atoms with Crippen LogP contribution in [0.4, 0.5) is 5.82 Å². The van der Waals surface area contributed by atoms with Crippen molar-refractivity contribution in [3.05, 3.63) is 22.2 Å². The maximum Gasteiger partial charge on any atom is 0.351 e. The van der Waals surface area contributed by atoms with Crippen molar-refractivity contribution in [1.29, 1.82) is 0 Å². The Bertz CT molecular complexity index is 702. The van der Waals surface area contributed by atoms with Crippen molar-refractivity contribution in [3.8, 4) is 0 Å². The summed E-state index contributed by atoms with van der Waals surface area (Å²) in [4.78, 5) is 16.0. The minimum atomic E-state index is -2.04. The molecule has 0 radical (unpaired) electrons. The first kappa shape index (κ1) is 21.0. The quantitative estimate of drug-likeness (QED) is 0.516. The summed E-state index contributed by atoms with van der Waals surface area (Å²) in [6.07, 6.45) is -3.38. The van der Waals surface area contributed by atoms with Gasteiger partial charge in [-0.3, -0.25) is 4.57 Å². The zero-order valence-corrected chi connectivity index (χ0v) is 16.8. The summed E-state index contributed by atoms with van der Waals surface area (Å²) in [5, 5.41) is 29.2. The van der Waals surface area contributed by atoms with E-state index in [2.05, 4.69) is 38.8 Å². The van der Waals surface area contributed by atoms with Crippen molar-refractivity contribution < 1.29 is 24.5 Å². The van der Waals surface area contributed by atoms with E-state index in [9.17, 15) is 20.1 Å². The van der Waals surface area contributed by atoms with Gasteiger partial charge in [-0.25, -0.2) is 4.79 Å². The van der Waals surface area contributed by atoms with E-state index in [0.717, 1.165) is 4.57 Å². The normalized spacial score (nSPS) is 27.1. The van der Waals surface area contributed by atoms with Crippen LogP contribution in [0.25, 0.3) is 0 Å². The lowest BCUT2D eigenvalue weighted by Gasteiger charge is -2.36. The van der Waals surface area contributed by atoms with Gasteiger partial charge in [-0.1, -0.05) is 20.8 Å². The molecule has 148 valence electrons. The van der Waals surface area contributed by atoms with E-state index in [1.807, 2.05) is 0 Å². The molecule has 1 aliphatic heterocycles. The van der Waals surface area contributed by atoms with E-state index >= 15 is 0 Å². The third-order valence-corrected chi connectivity index (χ3v) is 9.73. The fourth-order valence-electron chi connectivity index (χ4n) is 2.40. The van der Waals surface area contributed by atoms with Gasteiger partial charge in [0.2, 0.25) is 0 Å². The van der Waals surface area contributed by atoms with Gasteiger partial charge in [0, 0.05) is 11.8 Å². The minimum Gasteiger partial charge on any atom is -0.412 e. The number of anilines is 1. The lowest BCUT2D eigenvalue weighted by Crippen LogP contribution is -2.41. The van der Waals surface area contributed by atoms with Crippen LogP contribution in [0.15, 0.2) is 11.0 Å². The van der Waals surface area contributed by atoms with Crippen molar-refractivity contribution in [2.75, 3.05) is 12.3 Å². The lowest BCUT2D eigenvalue weighted by molar-refractivity contribution is -0.0551. The van der Waals surface area contributed by atoms with Crippen LogP contribution in [0.3, 0.4) is 0 Å². The molecule has 2 heterocycles. The molecule has 9 nitrogen and oxygen atoms in total. The minimum absolute atomic E-state index is 0.00680. The molecule has 0 saturated carbocycles. The molecular weight excluding hydrogens is 358 g/mol. The monoisotopic (exact) mass is 387 g/mol. The number of aliphatic hydroxyl groups excluding tert-OH is 3. The van der Waals surface area contributed by atoms with E-state index in [-0.39, 0.29) is 17.5 Å². The van der Waals surface area contributed by atoms with Gasteiger partial charge in [0.1, 0.15) is 24.1 Å². The highest BCUT2D eigenvalue weighted by Crippen LogP contribution is 2.37. The van der Waals surface area contributed by atoms with Crippen LogP contribution >= 0.6 is 0 Å². The molecule has 1 aliphatic rings. The van der Waals surface area contributed by atoms with Crippen molar-refractivity contribution in [3.63, 3.8) is 0 Å². The molecule has 0 amide bonds. The number of nitrogen functional groups attached to an aromatic ring is 1. The Balaban J connectivity index is 2.29.